The third-order valence-corrected chi connectivity index (χ3v) is 2.44. The maximum Gasteiger partial charge on any atom is 0.306 e. The molecule has 1 heterocycles. The molecular weight excluding hydrogens is 252 g/mol. The number of rotatable bonds is 6. The van der Waals surface area contributed by atoms with Crippen LogP contribution in [0.5, 0.6) is 0 Å². The Labute approximate surface area is 110 Å². The second-order valence-corrected chi connectivity index (χ2v) is 5.03. The summed E-state index contributed by atoms with van der Waals surface area (Å²) in [6.45, 7) is 3.73. The number of aromatic nitrogens is 2. The minimum atomic E-state index is -0.950. The van der Waals surface area contributed by atoms with Crippen molar-refractivity contribution in [1.82, 2.24) is 14.7 Å². The fraction of sp³-hybridized carbons (Fsp3) is 0.636. The lowest BCUT2D eigenvalue weighted by molar-refractivity contribution is -0.385. The number of likely N-dealkylation sites (N-methyl/N-ethyl adjacent to an activating group) is 1. The van der Waals surface area contributed by atoms with Gasteiger partial charge in [-0.3, -0.25) is 19.6 Å². The zero-order valence-electron chi connectivity index (χ0n) is 11.2. The molecule has 0 radical (unpaired) electrons. The van der Waals surface area contributed by atoms with Crippen molar-refractivity contribution in [2.75, 3.05) is 13.6 Å². The van der Waals surface area contributed by atoms with Crippen LogP contribution in [0.2, 0.25) is 0 Å². The largest absolute Gasteiger partial charge is 0.389 e. The maximum atomic E-state index is 11.8. The molecule has 0 spiro atoms. The van der Waals surface area contributed by atoms with E-state index in [4.69, 9.17) is 0 Å². The Morgan fingerprint density at radius 2 is 2.26 bits per heavy atom. The van der Waals surface area contributed by atoms with Gasteiger partial charge >= 0.3 is 5.69 Å². The van der Waals surface area contributed by atoms with Gasteiger partial charge in [0.05, 0.1) is 10.5 Å². The van der Waals surface area contributed by atoms with E-state index in [9.17, 15) is 20.0 Å². The van der Waals surface area contributed by atoms with Crippen LogP contribution >= 0.6 is 0 Å². The molecule has 0 atom stereocenters. The summed E-state index contributed by atoms with van der Waals surface area (Å²) in [6, 6.07) is 0. The second-order valence-electron chi connectivity index (χ2n) is 5.03. The van der Waals surface area contributed by atoms with Gasteiger partial charge in [-0.05, 0) is 13.8 Å². The Balaban J connectivity index is 2.47. The van der Waals surface area contributed by atoms with Gasteiger partial charge < -0.3 is 10.0 Å². The van der Waals surface area contributed by atoms with Crippen LogP contribution in [-0.2, 0) is 11.3 Å². The molecule has 8 nitrogen and oxygen atoms in total. The van der Waals surface area contributed by atoms with Crippen LogP contribution in [0, 0.1) is 10.1 Å². The van der Waals surface area contributed by atoms with Crippen molar-refractivity contribution in [3.63, 3.8) is 0 Å². The first-order valence-corrected chi connectivity index (χ1v) is 5.82. The summed E-state index contributed by atoms with van der Waals surface area (Å²) in [5.74, 6) is -0.153. The SMILES string of the molecule is CN(CC(C)(C)O)C(=O)CCn1cc([N+](=O)[O-])cn1. The molecule has 1 rings (SSSR count). The highest BCUT2D eigenvalue weighted by Crippen LogP contribution is 2.09. The number of aryl methyl sites for hydroxylation is 1. The summed E-state index contributed by atoms with van der Waals surface area (Å²) in [7, 11) is 1.60. The van der Waals surface area contributed by atoms with Gasteiger partial charge in [0, 0.05) is 26.6 Å². The number of nitro groups is 1. The number of aliphatic hydroxyl groups is 1. The monoisotopic (exact) mass is 270 g/mol. The summed E-state index contributed by atoms with van der Waals surface area (Å²) >= 11 is 0. The smallest absolute Gasteiger partial charge is 0.306 e. The lowest BCUT2D eigenvalue weighted by Gasteiger charge is -2.25. The first-order chi connectivity index (χ1) is 8.69. The number of hydrogen-bond acceptors (Lipinski definition) is 5. The third kappa shape index (κ3) is 5.04. The number of hydrogen-bond donors (Lipinski definition) is 1. The highest BCUT2D eigenvalue weighted by Gasteiger charge is 2.19. The number of carbonyl (C=O) groups is 1. The molecule has 0 aliphatic rings. The summed E-state index contributed by atoms with van der Waals surface area (Å²) < 4.78 is 1.36. The van der Waals surface area contributed by atoms with E-state index in [1.807, 2.05) is 0 Å². The molecule has 0 aliphatic carbocycles. The first-order valence-electron chi connectivity index (χ1n) is 5.82. The zero-order valence-corrected chi connectivity index (χ0v) is 11.2. The van der Waals surface area contributed by atoms with E-state index in [0.29, 0.717) is 0 Å². The van der Waals surface area contributed by atoms with Crippen molar-refractivity contribution in [2.45, 2.75) is 32.4 Å². The van der Waals surface area contributed by atoms with Crippen LogP contribution in [0.1, 0.15) is 20.3 Å². The lowest BCUT2D eigenvalue weighted by atomic mass is 10.1. The molecule has 0 aromatic carbocycles. The first kappa shape index (κ1) is 15.1. The fourth-order valence-corrected chi connectivity index (χ4v) is 1.64. The topological polar surface area (TPSA) is 102 Å². The van der Waals surface area contributed by atoms with Gasteiger partial charge in [-0.25, -0.2) is 0 Å². The predicted octanol–water partition coefficient (Wildman–Crippen LogP) is 0.411. The minimum Gasteiger partial charge on any atom is -0.389 e. The van der Waals surface area contributed by atoms with Crippen molar-refractivity contribution in [2.24, 2.45) is 0 Å². The van der Waals surface area contributed by atoms with E-state index in [1.165, 1.54) is 15.8 Å². The fourth-order valence-electron chi connectivity index (χ4n) is 1.64. The summed E-state index contributed by atoms with van der Waals surface area (Å²) in [6.07, 6.45) is 2.60. The second kappa shape index (κ2) is 5.79. The van der Waals surface area contributed by atoms with Gasteiger partial charge in [-0.15, -0.1) is 0 Å². The normalized spacial score (nSPS) is 11.4. The van der Waals surface area contributed by atoms with Crippen LogP contribution < -0.4 is 0 Å². The molecule has 0 saturated heterocycles. The molecule has 1 aromatic heterocycles. The standard InChI is InChI=1S/C11H18N4O4/c1-11(2,17)8-13(3)10(16)4-5-14-7-9(6-12-14)15(18)19/h6-7,17H,4-5,8H2,1-3H3. The van der Waals surface area contributed by atoms with E-state index in [1.54, 1.807) is 20.9 Å². The minimum absolute atomic E-state index is 0.0997. The van der Waals surface area contributed by atoms with E-state index in [0.717, 1.165) is 6.20 Å². The summed E-state index contributed by atoms with van der Waals surface area (Å²) in [5, 5.41) is 23.9. The molecule has 1 amide bonds. The summed E-state index contributed by atoms with van der Waals surface area (Å²) in [5.41, 5.74) is -1.05. The molecular formula is C11H18N4O4. The molecule has 19 heavy (non-hydrogen) atoms. The average molecular weight is 270 g/mol. The van der Waals surface area contributed by atoms with Gasteiger partial charge in [-0.2, -0.15) is 5.10 Å². The lowest BCUT2D eigenvalue weighted by Crippen LogP contribution is -2.39. The van der Waals surface area contributed by atoms with Gasteiger partial charge in [0.2, 0.25) is 5.91 Å². The Morgan fingerprint density at radius 1 is 1.63 bits per heavy atom. The van der Waals surface area contributed by atoms with Crippen LogP contribution in [0.4, 0.5) is 5.69 Å². The van der Waals surface area contributed by atoms with Gasteiger partial charge in [0.15, 0.2) is 0 Å². The van der Waals surface area contributed by atoms with Gasteiger partial charge in [0.25, 0.3) is 0 Å². The molecule has 0 unspecified atom stereocenters. The highest BCUT2D eigenvalue weighted by atomic mass is 16.6. The predicted molar refractivity (Wildman–Crippen MR) is 67.4 cm³/mol. The van der Waals surface area contributed by atoms with Crippen molar-refractivity contribution < 1.29 is 14.8 Å². The molecule has 0 bridgehead atoms. The van der Waals surface area contributed by atoms with Gasteiger partial charge in [-0.1, -0.05) is 0 Å². The van der Waals surface area contributed by atoms with Crippen LogP contribution in [-0.4, -0.2) is 49.8 Å². The van der Waals surface area contributed by atoms with E-state index in [-0.39, 0.29) is 31.1 Å². The van der Waals surface area contributed by atoms with E-state index in [2.05, 4.69) is 5.10 Å². The summed E-state index contributed by atoms with van der Waals surface area (Å²) in [4.78, 5) is 23.1. The van der Waals surface area contributed by atoms with E-state index < -0.39 is 10.5 Å². The zero-order chi connectivity index (χ0) is 14.6. The molecule has 1 aromatic rings. The third-order valence-electron chi connectivity index (χ3n) is 2.44. The average Bonchev–Trinajstić information content (AvgIpc) is 2.72. The number of carbonyl (C=O) groups excluding carboxylic acids is 1. The van der Waals surface area contributed by atoms with Gasteiger partial charge in [0.1, 0.15) is 12.4 Å². The van der Waals surface area contributed by atoms with Crippen molar-refractivity contribution in [3.8, 4) is 0 Å². The van der Waals surface area contributed by atoms with Crippen molar-refractivity contribution >= 4 is 11.6 Å². The molecule has 0 fully saturated rings. The molecule has 0 saturated carbocycles. The number of nitrogens with zero attached hydrogens (tertiary/aromatic N) is 4. The Bertz CT molecular complexity index is 464. The Morgan fingerprint density at radius 3 is 2.74 bits per heavy atom. The Kier molecular flexibility index (Phi) is 4.60. The van der Waals surface area contributed by atoms with Crippen molar-refractivity contribution in [1.29, 1.82) is 0 Å². The van der Waals surface area contributed by atoms with Crippen LogP contribution in [0.25, 0.3) is 0 Å². The maximum absolute atomic E-state index is 11.8. The Hall–Kier alpha value is -1.96. The number of amides is 1. The molecule has 1 N–H and O–H groups in total. The molecule has 106 valence electrons. The quantitative estimate of drug-likeness (QED) is 0.596. The van der Waals surface area contributed by atoms with Crippen molar-refractivity contribution in [3.05, 3.63) is 22.5 Å². The van der Waals surface area contributed by atoms with Crippen LogP contribution in [0.3, 0.4) is 0 Å². The molecule has 0 aliphatic heterocycles. The van der Waals surface area contributed by atoms with Crippen LogP contribution in [0.15, 0.2) is 12.4 Å². The highest BCUT2D eigenvalue weighted by molar-refractivity contribution is 5.75. The molecule has 8 heteroatoms. The van der Waals surface area contributed by atoms with E-state index >= 15 is 0 Å².